The normalized spacial score (nSPS) is 13.9. The van der Waals surface area contributed by atoms with Crippen molar-refractivity contribution in [3.05, 3.63) is 69.6 Å². The molecule has 4 rings (SSSR count). The topological polar surface area (TPSA) is 71.0 Å². The highest BCUT2D eigenvalue weighted by molar-refractivity contribution is 6.38. The van der Waals surface area contributed by atoms with E-state index in [9.17, 15) is 4.79 Å². The number of halogens is 2. The molecule has 38 heavy (non-hydrogen) atoms. The van der Waals surface area contributed by atoms with E-state index >= 15 is 0 Å². The zero-order valence-electron chi connectivity index (χ0n) is 22.2. The van der Waals surface area contributed by atoms with E-state index in [1.54, 1.807) is 13.1 Å². The molecule has 1 amide bonds. The number of methoxy groups -OCH3 is 2. The fraction of sp³-hybridized carbons (Fsp3) is 0.393. The molecule has 1 saturated heterocycles. The van der Waals surface area contributed by atoms with E-state index < -0.39 is 0 Å². The molecule has 0 bridgehead atoms. The lowest BCUT2D eigenvalue weighted by molar-refractivity contribution is -0.117. The summed E-state index contributed by atoms with van der Waals surface area (Å²) < 4.78 is 10.6. The van der Waals surface area contributed by atoms with Gasteiger partial charge in [0.1, 0.15) is 23.6 Å². The summed E-state index contributed by atoms with van der Waals surface area (Å²) in [5.41, 5.74) is 3.64. The van der Waals surface area contributed by atoms with E-state index in [2.05, 4.69) is 51.0 Å². The van der Waals surface area contributed by atoms with Gasteiger partial charge in [-0.25, -0.2) is 9.97 Å². The van der Waals surface area contributed by atoms with Crippen molar-refractivity contribution in [2.24, 2.45) is 0 Å². The number of anilines is 2. The van der Waals surface area contributed by atoms with Gasteiger partial charge in [-0.2, -0.15) is 0 Å². The largest absolute Gasteiger partial charge is 0.495 e. The molecule has 3 aromatic rings. The number of hydrogen-bond acceptors (Lipinski definition) is 7. The Labute approximate surface area is 234 Å². The Bertz CT molecular complexity index is 1240. The number of benzene rings is 2. The first-order valence-corrected chi connectivity index (χ1v) is 13.3. The average Bonchev–Trinajstić information content (AvgIpc) is 2.95. The fourth-order valence-electron chi connectivity index (χ4n) is 4.51. The third kappa shape index (κ3) is 6.31. The van der Waals surface area contributed by atoms with Crippen molar-refractivity contribution >= 4 is 40.6 Å². The smallest absolute Gasteiger partial charge is 0.232 e. The van der Waals surface area contributed by atoms with Gasteiger partial charge in [-0.15, -0.1) is 0 Å². The van der Waals surface area contributed by atoms with Gasteiger partial charge in [0.05, 0.1) is 36.4 Å². The SMILES string of the molecule is CCN1CCN(c2ccc(Cc3cc(N(C)C(=O)Cc4c(Cl)c(OC)cc(OC)c4Cl)ncn3)cc2)CC1. The molecular weight excluding hydrogens is 525 g/mol. The van der Waals surface area contributed by atoms with Crippen LogP contribution in [0.5, 0.6) is 11.5 Å². The molecule has 2 heterocycles. The molecule has 1 aromatic heterocycles. The lowest BCUT2D eigenvalue weighted by atomic mass is 10.1. The maximum Gasteiger partial charge on any atom is 0.232 e. The molecule has 0 radical (unpaired) electrons. The number of carbonyl (C=O) groups is 1. The van der Waals surface area contributed by atoms with Crippen molar-refractivity contribution in [2.75, 3.05) is 63.8 Å². The second kappa shape index (κ2) is 12.7. The van der Waals surface area contributed by atoms with Crippen LogP contribution in [0.2, 0.25) is 10.0 Å². The molecule has 1 aliphatic heterocycles. The first kappa shape index (κ1) is 28.0. The molecular formula is C28H33Cl2N5O3. The number of nitrogens with zero attached hydrogens (tertiary/aromatic N) is 5. The van der Waals surface area contributed by atoms with Gasteiger partial charge in [-0.1, -0.05) is 42.3 Å². The molecule has 0 spiro atoms. The van der Waals surface area contributed by atoms with Crippen LogP contribution in [0.3, 0.4) is 0 Å². The van der Waals surface area contributed by atoms with E-state index in [4.69, 9.17) is 32.7 Å². The molecule has 8 nitrogen and oxygen atoms in total. The minimum Gasteiger partial charge on any atom is -0.495 e. The maximum atomic E-state index is 13.2. The van der Waals surface area contributed by atoms with E-state index in [-0.39, 0.29) is 22.4 Å². The van der Waals surface area contributed by atoms with E-state index in [1.807, 2.05) is 6.07 Å². The number of rotatable bonds is 9. The number of carbonyl (C=O) groups excluding carboxylic acids is 1. The van der Waals surface area contributed by atoms with Crippen LogP contribution >= 0.6 is 23.2 Å². The van der Waals surface area contributed by atoms with Crippen molar-refractivity contribution < 1.29 is 14.3 Å². The van der Waals surface area contributed by atoms with Crippen LogP contribution in [0.1, 0.15) is 23.7 Å². The van der Waals surface area contributed by atoms with E-state index in [0.717, 1.165) is 44.0 Å². The standard InChI is InChI=1S/C28H33Cl2N5O3/c1-5-34-10-12-35(13-11-34)21-8-6-19(7-9-21)14-20-15-25(32-18-31-20)33(2)26(36)16-22-27(29)23(37-3)17-24(38-4)28(22)30/h6-9,15,17-18H,5,10-14,16H2,1-4H3. The van der Waals surface area contributed by atoms with Gasteiger partial charge in [-0.3, -0.25) is 9.69 Å². The molecule has 1 aliphatic rings. The minimum atomic E-state index is -0.235. The van der Waals surface area contributed by atoms with Gasteiger partial charge in [-0.05, 0) is 24.2 Å². The molecule has 2 aromatic carbocycles. The van der Waals surface area contributed by atoms with Gasteiger partial charge < -0.3 is 19.3 Å². The lowest BCUT2D eigenvalue weighted by Gasteiger charge is -2.35. The van der Waals surface area contributed by atoms with Gasteiger partial charge >= 0.3 is 0 Å². The monoisotopic (exact) mass is 557 g/mol. The van der Waals surface area contributed by atoms with Crippen LogP contribution in [0.15, 0.2) is 42.7 Å². The zero-order valence-corrected chi connectivity index (χ0v) is 23.7. The minimum absolute atomic E-state index is 0.0466. The van der Waals surface area contributed by atoms with Crippen molar-refractivity contribution in [1.82, 2.24) is 14.9 Å². The number of piperazine rings is 1. The Balaban J connectivity index is 1.44. The summed E-state index contributed by atoms with van der Waals surface area (Å²) >= 11 is 12.9. The Morgan fingerprint density at radius 1 is 0.974 bits per heavy atom. The van der Waals surface area contributed by atoms with Crippen LogP contribution in [-0.4, -0.2) is 74.8 Å². The van der Waals surface area contributed by atoms with Gasteiger partial charge in [0.25, 0.3) is 0 Å². The van der Waals surface area contributed by atoms with Gasteiger partial charge in [0, 0.05) is 63.0 Å². The number of likely N-dealkylation sites (N-methyl/N-ethyl adjacent to an activating group) is 2. The van der Waals surface area contributed by atoms with Gasteiger partial charge in [0.2, 0.25) is 5.91 Å². The van der Waals surface area contributed by atoms with Crippen LogP contribution in [0.4, 0.5) is 11.5 Å². The third-order valence-corrected chi connectivity index (χ3v) is 7.75. The summed E-state index contributed by atoms with van der Waals surface area (Å²) in [5, 5.41) is 0.554. The predicted octanol–water partition coefficient (Wildman–Crippen LogP) is 4.74. The number of hydrogen-bond donors (Lipinski definition) is 0. The van der Waals surface area contributed by atoms with Gasteiger partial charge in [0.15, 0.2) is 0 Å². The molecule has 1 fully saturated rings. The molecule has 0 aliphatic carbocycles. The Morgan fingerprint density at radius 3 is 2.18 bits per heavy atom. The van der Waals surface area contributed by atoms with Crippen molar-refractivity contribution in [3.63, 3.8) is 0 Å². The summed E-state index contributed by atoms with van der Waals surface area (Å²) in [5.74, 6) is 1.03. The summed E-state index contributed by atoms with van der Waals surface area (Å²) in [6.45, 7) is 7.59. The average molecular weight is 559 g/mol. The molecule has 0 unspecified atom stereocenters. The Kier molecular flexibility index (Phi) is 9.31. The summed E-state index contributed by atoms with van der Waals surface area (Å²) in [6, 6.07) is 12.0. The summed E-state index contributed by atoms with van der Waals surface area (Å²) in [4.78, 5) is 28.3. The Hall–Kier alpha value is -3.07. The third-order valence-electron chi connectivity index (χ3n) is 6.93. The van der Waals surface area contributed by atoms with Crippen molar-refractivity contribution in [3.8, 4) is 11.5 Å². The fourth-order valence-corrected chi connectivity index (χ4v) is 5.15. The number of ether oxygens (including phenoxy) is 2. The van der Waals surface area contributed by atoms with E-state index in [0.29, 0.717) is 29.3 Å². The van der Waals surface area contributed by atoms with Crippen LogP contribution in [0, 0.1) is 0 Å². The summed E-state index contributed by atoms with van der Waals surface area (Å²) in [7, 11) is 4.66. The first-order valence-electron chi connectivity index (χ1n) is 12.6. The van der Waals surface area contributed by atoms with Crippen LogP contribution < -0.4 is 19.3 Å². The summed E-state index contributed by atoms with van der Waals surface area (Å²) in [6.07, 6.45) is 2.06. The molecule has 10 heteroatoms. The first-order chi connectivity index (χ1) is 18.3. The maximum absolute atomic E-state index is 13.2. The second-order valence-electron chi connectivity index (χ2n) is 9.15. The second-order valence-corrected chi connectivity index (χ2v) is 9.91. The molecule has 0 saturated carbocycles. The van der Waals surface area contributed by atoms with Crippen molar-refractivity contribution in [1.29, 1.82) is 0 Å². The number of amides is 1. The number of aromatic nitrogens is 2. The molecule has 202 valence electrons. The van der Waals surface area contributed by atoms with Crippen LogP contribution in [0.25, 0.3) is 0 Å². The molecule has 0 atom stereocenters. The highest BCUT2D eigenvalue weighted by atomic mass is 35.5. The lowest BCUT2D eigenvalue weighted by Crippen LogP contribution is -2.46. The zero-order chi connectivity index (χ0) is 27.2. The van der Waals surface area contributed by atoms with Crippen LogP contribution in [-0.2, 0) is 17.6 Å². The Morgan fingerprint density at radius 2 is 1.61 bits per heavy atom. The quantitative estimate of drug-likeness (QED) is 0.376. The highest BCUT2D eigenvalue weighted by Gasteiger charge is 2.22. The predicted molar refractivity (Wildman–Crippen MR) is 152 cm³/mol. The van der Waals surface area contributed by atoms with Crippen molar-refractivity contribution in [2.45, 2.75) is 19.8 Å². The molecule has 0 N–H and O–H groups in total. The van der Waals surface area contributed by atoms with E-state index in [1.165, 1.54) is 31.1 Å². The highest BCUT2D eigenvalue weighted by Crippen LogP contribution is 2.40.